The van der Waals surface area contributed by atoms with Crippen LogP contribution in [0, 0.1) is 0 Å². The molecule has 0 radical (unpaired) electrons. The summed E-state index contributed by atoms with van der Waals surface area (Å²) in [4.78, 5) is 26.5. The minimum atomic E-state index is -3.78. The number of ether oxygens (including phenoxy) is 1. The molecule has 0 spiro atoms. The molecular formula is C21H23N3O5S2. The monoisotopic (exact) mass is 461 g/mol. The topological polar surface area (TPSA) is 97.7 Å². The molecule has 2 heterocycles. The zero-order chi connectivity index (χ0) is 22.0. The van der Waals surface area contributed by atoms with Gasteiger partial charge in [-0.2, -0.15) is 0 Å². The van der Waals surface area contributed by atoms with E-state index in [1.54, 1.807) is 42.3 Å². The van der Waals surface area contributed by atoms with E-state index in [4.69, 9.17) is 4.74 Å². The molecule has 3 aromatic rings. The first-order valence-electron chi connectivity index (χ1n) is 9.91. The summed E-state index contributed by atoms with van der Waals surface area (Å²) in [5, 5.41) is 0. The molecule has 1 N–H and O–H groups in total. The molecule has 10 heteroatoms. The Bertz CT molecular complexity index is 1270. The number of likely N-dealkylation sites (tertiary alicyclic amines) is 1. The predicted octanol–water partition coefficient (Wildman–Crippen LogP) is 2.17. The molecule has 1 aromatic heterocycles. The van der Waals surface area contributed by atoms with Crippen molar-refractivity contribution in [3.63, 3.8) is 0 Å². The molecule has 1 saturated heterocycles. The van der Waals surface area contributed by atoms with Gasteiger partial charge in [-0.05, 0) is 48.7 Å². The van der Waals surface area contributed by atoms with Crippen LogP contribution in [0.25, 0.3) is 10.2 Å². The van der Waals surface area contributed by atoms with Gasteiger partial charge in [-0.25, -0.2) is 13.1 Å². The van der Waals surface area contributed by atoms with Gasteiger partial charge in [-0.15, -0.1) is 0 Å². The highest BCUT2D eigenvalue weighted by Gasteiger charge is 2.21. The molecule has 1 aliphatic heterocycles. The standard InChI is InChI=1S/C21H23N3O5S2/c1-29-16-6-4-5-15(11-16)13-22-31(27,28)17-7-8-18-19(12-17)30-21(26)24(18)14-20(25)23-9-2-3-10-23/h4-8,11-12,22H,2-3,9-10,13-14H2,1H3. The van der Waals surface area contributed by atoms with Gasteiger partial charge in [0.05, 0.1) is 22.2 Å². The number of amides is 1. The van der Waals surface area contributed by atoms with E-state index in [1.165, 1.54) is 16.7 Å². The summed E-state index contributed by atoms with van der Waals surface area (Å²) < 4.78 is 35.2. The lowest BCUT2D eigenvalue weighted by molar-refractivity contribution is -0.130. The van der Waals surface area contributed by atoms with E-state index in [0.717, 1.165) is 42.8 Å². The van der Waals surface area contributed by atoms with Crippen molar-refractivity contribution in [2.45, 2.75) is 30.8 Å². The molecule has 31 heavy (non-hydrogen) atoms. The minimum Gasteiger partial charge on any atom is -0.497 e. The maximum atomic E-state index is 12.8. The van der Waals surface area contributed by atoms with Gasteiger partial charge in [0.15, 0.2) is 0 Å². The molecule has 0 unspecified atom stereocenters. The van der Waals surface area contributed by atoms with E-state index >= 15 is 0 Å². The molecule has 8 nitrogen and oxygen atoms in total. The Balaban J connectivity index is 1.54. The number of methoxy groups -OCH3 is 1. The minimum absolute atomic E-state index is 0.0287. The van der Waals surface area contributed by atoms with E-state index in [-0.39, 0.29) is 28.8 Å². The Hall–Kier alpha value is -2.69. The zero-order valence-corrected chi connectivity index (χ0v) is 18.7. The second-order valence-electron chi connectivity index (χ2n) is 7.35. The smallest absolute Gasteiger partial charge is 0.308 e. The molecule has 2 aromatic carbocycles. The van der Waals surface area contributed by atoms with Crippen molar-refractivity contribution in [1.82, 2.24) is 14.2 Å². The van der Waals surface area contributed by atoms with Gasteiger partial charge in [0.2, 0.25) is 15.9 Å². The second-order valence-corrected chi connectivity index (χ2v) is 10.1. The third-order valence-corrected chi connectivity index (χ3v) is 7.64. The number of benzene rings is 2. The highest BCUT2D eigenvalue weighted by atomic mass is 32.2. The van der Waals surface area contributed by atoms with E-state index in [9.17, 15) is 18.0 Å². The maximum Gasteiger partial charge on any atom is 0.308 e. The summed E-state index contributed by atoms with van der Waals surface area (Å²) in [6, 6.07) is 11.7. The molecule has 0 aliphatic carbocycles. The van der Waals surface area contributed by atoms with Gasteiger partial charge in [-0.3, -0.25) is 14.2 Å². The number of carbonyl (C=O) groups is 1. The number of fused-ring (bicyclic) bond motifs is 1. The van der Waals surface area contributed by atoms with Crippen LogP contribution in [0.1, 0.15) is 18.4 Å². The van der Waals surface area contributed by atoms with Gasteiger partial charge in [0, 0.05) is 19.6 Å². The summed E-state index contributed by atoms with van der Waals surface area (Å²) in [6.07, 6.45) is 1.96. The molecule has 0 bridgehead atoms. The summed E-state index contributed by atoms with van der Waals surface area (Å²) >= 11 is 0.941. The second kappa shape index (κ2) is 8.81. The number of carbonyl (C=O) groups excluding carboxylic acids is 1. The number of rotatable bonds is 7. The summed E-state index contributed by atoms with van der Waals surface area (Å²) in [5.41, 5.74) is 1.33. The van der Waals surface area contributed by atoms with Gasteiger partial charge in [0.1, 0.15) is 12.3 Å². The fourth-order valence-electron chi connectivity index (χ4n) is 3.61. The van der Waals surface area contributed by atoms with Crippen LogP contribution in [0.5, 0.6) is 5.75 Å². The Labute approximate surface area is 184 Å². The van der Waals surface area contributed by atoms with Crippen molar-refractivity contribution in [1.29, 1.82) is 0 Å². The fraction of sp³-hybridized carbons (Fsp3) is 0.333. The molecule has 1 aliphatic rings. The van der Waals surface area contributed by atoms with Crippen LogP contribution in [0.4, 0.5) is 0 Å². The third-order valence-electron chi connectivity index (χ3n) is 5.30. The van der Waals surface area contributed by atoms with Crippen molar-refractivity contribution >= 4 is 37.5 Å². The van der Waals surface area contributed by atoms with Crippen LogP contribution in [0.2, 0.25) is 0 Å². The molecule has 0 saturated carbocycles. The van der Waals surface area contributed by atoms with E-state index in [1.807, 2.05) is 0 Å². The number of sulfonamides is 1. The van der Waals surface area contributed by atoms with Gasteiger partial charge in [0.25, 0.3) is 0 Å². The first-order valence-corrected chi connectivity index (χ1v) is 12.2. The van der Waals surface area contributed by atoms with Gasteiger partial charge < -0.3 is 9.64 Å². The number of aromatic nitrogens is 1. The van der Waals surface area contributed by atoms with Crippen LogP contribution in [-0.2, 0) is 27.9 Å². The lowest BCUT2D eigenvalue weighted by Crippen LogP contribution is -2.33. The Morgan fingerprint density at radius 2 is 1.94 bits per heavy atom. The van der Waals surface area contributed by atoms with Crippen LogP contribution in [-0.4, -0.2) is 44.0 Å². The zero-order valence-electron chi connectivity index (χ0n) is 17.0. The lowest BCUT2D eigenvalue weighted by Gasteiger charge is -2.15. The van der Waals surface area contributed by atoms with E-state index in [2.05, 4.69) is 4.72 Å². The number of thiazole rings is 1. The number of nitrogens with one attached hydrogen (secondary N) is 1. The number of hydrogen-bond donors (Lipinski definition) is 1. The maximum absolute atomic E-state index is 12.8. The van der Waals surface area contributed by atoms with Gasteiger partial charge in [-0.1, -0.05) is 23.5 Å². The molecule has 0 atom stereocenters. The van der Waals surface area contributed by atoms with Crippen LogP contribution in [0.15, 0.2) is 52.2 Å². The Morgan fingerprint density at radius 3 is 2.68 bits per heavy atom. The first-order chi connectivity index (χ1) is 14.9. The Kier molecular flexibility index (Phi) is 6.12. The van der Waals surface area contributed by atoms with Crippen molar-refractivity contribution < 1.29 is 17.9 Å². The summed E-state index contributed by atoms with van der Waals surface area (Å²) in [7, 11) is -2.23. The third kappa shape index (κ3) is 4.65. The normalized spacial score (nSPS) is 14.3. The average molecular weight is 462 g/mol. The van der Waals surface area contributed by atoms with Crippen LogP contribution < -0.4 is 14.3 Å². The van der Waals surface area contributed by atoms with Crippen LogP contribution >= 0.6 is 11.3 Å². The van der Waals surface area contributed by atoms with E-state index < -0.39 is 10.0 Å². The average Bonchev–Trinajstić information content (AvgIpc) is 3.41. The van der Waals surface area contributed by atoms with Crippen molar-refractivity contribution in [3.05, 3.63) is 57.7 Å². The fourth-order valence-corrected chi connectivity index (χ4v) is 5.66. The summed E-state index contributed by atoms with van der Waals surface area (Å²) in [5.74, 6) is 0.559. The molecule has 164 valence electrons. The van der Waals surface area contributed by atoms with Crippen molar-refractivity contribution in [2.24, 2.45) is 0 Å². The van der Waals surface area contributed by atoms with Crippen molar-refractivity contribution in [2.75, 3.05) is 20.2 Å². The number of hydrogen-bond acceptors (Lipinski definition) is 6. The highest BCUT2D eigenvalue weighted by molar-refractivity contribution is 7.89. The number of nitrogens with zero attached hydrogens (tertiary/aromatic N) is 2. The molecular weight excluding hydrogens is 438 g/mol. The largest absolute Gasteiger partial charge is 0.497 e. The molecule has 1 amide bonds. The van der Waals surface area contributed by atoms with E-state index in [0.29, 0.717) is 16.0 Å². The molecule has 4 rings (SSSR count). The van der Waals surface area contributed by atoms with Crippen molar-refractivity contribution in [3.8, 4) is 5.75 Å². The predicted molar refractivity (Wildman–Crippen MR) is 119 cm³/mol. The summed E-state index contributed by atoms with van der Waals surface area (Å²) in [6.45, 7) is 1.52. The molecule has 1 fully saturated rings. The quantitative estimate of drug-likeness (QED) is 0.582. The first kappa shape index (κ1) is 21.5. The lowest BCUT2D eigenvalue weighted by atomic mass is 10.2. The van der Waals surface area contributed by atoms with Crippen LogP contribution in [0.3, 0.4) is 0 Å². The van der Waals surface area contributed by atoms with Gasteiger partial charge >= 0.3 is 4.87 Å². The highest BCUT2D eigenvalue weighted by Crippen LogP contribution is 2.23. The SMILES string of the molecule is COc1cccc(CNS(=O)(=O)c2ccc3c(c2)sc(=O)n3CC(=O)N2CCCC2)c1. The Morgan fingerprint density at radius 1 is 1.16 bits per heavy atom.